The second-order valence-electron chi connectivity index (χ2n) is 6.32. The van der Waals surface area contributed by atoms with E-state index in [1.807, 2.05) is 12.1 Å². The predicted octanol–water partition coefficient (Wildman–Crippen LogP) is 4.66. The van der Waals surface area contributed by atoms with E-state index in [1.165, 1.54) is 0 Å². The van der Waals surface area contributed by atoms with Crippen molar-refractivity contribution >= 4 is 41.6 Å². The molecular formula is C16H20Cl3NO2. The molecule has 0 spiro atoms. The number of benzene rings is 1. The molecule has 3 nitrogen and oxygen atoms in total. The van der Waals surface area contributed by atoms with Crippen LogP contribution in [0.25, 0.3) is 0 Å². The number of likely N-dealkylation sites (tertiary alicyclic amines) is 1. The predicted molar refractivity (Wildman–Crippen MR) is 91.1 cm³/mol. The van der Waals surface area contributed by atoms with Gasteiger partial charge in [-0.15, -0.1) is 12.4 Å². The summed E-state index contributed by atoms with van der Waals surface area (Å²) in [6, 6.07) is 5.63. The Morgan fingerprint density at radius 1 is 1.45 bits per heavy atom. The van der Waals surface area contributed by atoms with Gasteiger partial charge in [-0.3, -0.25) is 9.69 Å². The third kappa shape index (κ3) is 2.84. The number of aliphatic carboxylic acids is 1. The molecule has 2 fully saturated rings. The number of halogens is 3. The molecule has 1 aromatic rings. The van der Waals surface area contributed by atoms with Gasteiger partial charge in [-0.1, -0.05) is 35.7 Å². The van der Waals surface area contributed by atoms with Crippen LogP contribution in [-0.2, 0) is 4.79 Å². The summed E-state index contributed by atoms with van der Waals surface area (Å²) >= 11 is 12.2. The van der Waals surface area contributed by atoms with Crippen LogP contribution in [0.3, 0.4) is 0 Å². The van der Waals surface area contributed by atoms with Gasteiger partial charge in [0.25, 0.3) is 0 Å². The fraction of sp³-hybridized carbons (Fsp3) is 0.562. The maximum atomic E-state index is 11.8. The Hall–Kier alpha value is -0.480. The summed E-state index contributed by atoms with van der Waals surface area (Å²) in [6.45, 7) is 3.55. The molecule has 1 aromatic carbocycles. The van der Waals surface area contributed by atoms with Crippen LogP contribution in [0.4, 0.5) is 0 Å². The Bertz CT molecular complexity index is 581. The molecule has 1 unspecified atom stereocenters. The van der Waals surface area contributed by atoms with Crippen molar-refractivity contribution in [1.29, 1.82) is 0 Å². The minimum absolute atomic E-state index is 0. The molecule has 2 aliphatic rings. The van der Waals surface area contributed by atoms with E-state index < -0.39 is 11.4 Å². The molecule has 1 saturated carbocycles. The summed E-state index contributed by atoms with van der Waals surface area (Å²) < 4.78 is 0. The van der Waals surface area contributed by atoms with Crippen LogP contribution in [0, 0.1) is 11.3 Å². The molecule has 0 amide bonds. The maximum absolute atomic E-state index is 11.8. The first-order chi connectivity index (χ1) is 9.94. The minimum atomic E-state index is -0.637. The zero-order valence-electron chi connectivity index (χ0n) is 12.4. The molecule has 1 heterocycles. The van der Waals surface area contributed by atoms with Crippen molar-refractivity contribution < 1.29 is 9.90 Å². The first-order valence-corrected chi connectivity index (χ1v) is 8.12. The molecule has 0 bridgehead atoms. The van der Waals surface area contributed by atoms with E-state index >= 15 is 0 Å². The van der Waals surface area contributed by atoms with Crippen LogP contribution in [-0.4, -0.2) is 29.1 Å². The maximum Gasteiger partial charge on any atom is 0.311 e. The van der Waals surface area contributed by atoms with Gasteiger partial charge < -0.3 is 5.11 Å². The van der Waals surface area contributed by atoms with Crippen LogP contribution in [0.1, 0.15) is 37.8 Å². The molecule has 1 aliphatic carbocycles. The highest BCUT2D eigenvalue weighted by atomic mass is 35.5. The number of carbonyl (C=O) groups is 1. The van der Waals surface area contributed by atoms with Crippen molar-refractivity contribution in [2.24, 2.45) is 11.3 Å². The first-order valence-electron chi connectivity index (χ1n) is 7.36. The lowest BCUT2D eigenvalue weighted by atomic mass is 9.81. The number of carboxylic acid groups (broad SMARTS) is 1. The Morgan fingerprint density at radius 2 is 2.18 bits per heavy atom. The molecule has 0 aromatic heterocycles. The van der Waals surface area contributed by atoms with Gasteiger partial charge >= 0.3 is 5.97 Å². The second-order valence-corrected chi connectivity index (χ2v) is 7.17. The van der Waals surface area contributed by atoms with Crippen molar-refractivity contribution in [3.05, 3.63) is 33.8 Å². The molecule has 6 heteroatoms. The molecule has 0 radical (unpaired) electrons. The number of nitrogens with zero attached hydrogens (tertiary/aromatic N) is 1. The quantitative estimate of drug-likeness (QED) is 0.847. The van der Waals surface area contributed by atoms with Crippen molar-refractivity contribution in [2.75, 3.05) is 13.1 Å². The van der Waals surface area contributed by atoms with Crippen LogP contribution in [0.15, 0.2) is 18.2 Å². The Morgan fingerprint density at radius 3 is 2.77 bits per heavy atom. The molecular weight excluding hydrogens is 345 g/mol. The fourth-order valence-corrected chi connectivity index (χ4v) is 4.58. The summed E-state index contributed by atoms with van der Waals surface area (Å²) in [7, 11) is 0. The summed E-state index contributed by atoms with van der Waals surface area (Å²) in [4.78, 5) is 14.0. The van der Waals surface area contributed by atoms with E-state index in [1.54, 1.807) is 6.07 Å². The lowest BCUT2D eigenvalue weighted by Crippen LogP contribution is -2.36. The average molecular weight is 365 g/mol. The van der Waals surface area contributed by atoms with Crippen molar-refractivity contribution in [2.45, 2.75) is 32.2 Å². The van der Waals surface area contributed by atoms with Crippen LogP contribution < -0.4 is 0 Å². The average Bonchev–Trinajstić information content (AvgIpc) is 2.95. The smallest absolute Gasteiger partial charge is 0.311 e. The van der Waals surface area contributed by atoms with Gasteiger partial charge in [-0.05, 0) is 43.4 Å². The Balaban J connectivity index is 0.00000176. The highest BCUT2D eigenvalue weighted by Crippen LogP contribution is 2.51. The number of hydrogen-bond acceptors (Lipinski definition) is 2. The van der Waals surface area contributed by atoms with Crippen LogP contribution in [0.2, 0.25) is 10.0 Å². The molecule has 122 valence electrons. The van der Waals surface area contributed by atoms with E-state index in [-0.39, 0.29) is 24.4 Å². The van der Waals surface area contributed by atoms with E-state index in [0.717, 1.165) is 31.4 Å². The van der Waals surface area contributed by atoms with Gasteiger partial charge in [0.2, 0.25) is 0 Å². The molecule has 3 rings (SSSR count). The zero-order chi connectivity index (χ0) is 15.2. The highest BCUT2D eigenvalue weighted by molar-refractivity contribution is 6.35. The second kappa shape index (κ2) is 6.56. The van der Waals surface area contributed by atoms with Crippen molar-refractivity contribution in [1.82, 2.24) is 4.90 Å². The van der Waals surface area contributed by atoms with Gasteiger partial charge in [-0.25, -0.2) is 0 Å². The molecule has 1 aliphatic heterocycles. The van der Waals surface area contributed by atoms with Gasteiger partial charge in [0, 0.05) is 29.2 Å². The number of carboxylic acids is 1. The monoisotopic (exact) mass is 363 g/mol. The third-order valence-electron chi connectivity index (χ3n) is 5.28. The lowest BCUT2D eigenvalue weighted by Gasteiger charge is -2.28. The largest absolute Gasteiger partial charge is 0.481 e. The summed E-state index contributed by atoms with van der Waals surface area (Å²) in [6.07, 6.45) is 2.84. The standard InChI is InChI=1S/C16H19Cl2NO2.ClH/c1-10(13-5-4-12(17)7-14(13)18)19-8-11-3-2-6-16(11,9-19)15(20)21;/h4-5,7,10-11H,2-3,6,8-9H2,1H3,(H,20,21);1H/t10?,11-,16+;/m0./s1. The Kier molecular flexibility index (Phi) is 5.33. The summed E-state index contributed by atoms with van der Waals surface area (Å²) in [5.41, 5.74) is 0.467. The Labute approximate surface area is 147 Å². The number of fused-ring (bicyclic) bond motifs is 1. The number of hydrogen-bond donors (Lipinski definition) is 1. The van der Waals surface area contributed by atoms with Crippen molar-refractivity contribution in [3.63, 3.8) is 0 Å². The van der Waals surface area contributed by atoms with Gasteiger partial charge in [0.1, 0.15) is 0 Å². The minimum Gasteiger partial charge on any atom is -0.481 e. The van der Waals surface area contributed by atoms with Gasteiger partial charge in [0.05, 0.1) is 5.41 Å². The summed E-state index contributed by atoms with van der Waals surface area (Å²) in [5, 5.41) is 10.9. The van der Waals surface area contributed by atoms with E-state index in [9.17, 15) is 9.90 Å². The van der Waals surface area contributed by atoms with E-state index in [4.69, 9.17) is 23.2 Å². The van der Waals surface area contributed by atoms with Crippen LogP contribution in [0.5, 0.6) is 0 Å². The summed E-state index contributed by atoms with van der Waals surface area (Å²) in [5.74, 6) is -0.370. The zero-order valence-corrected chi connectivity index (χ0v) is 14.7. The topological polar surface area (TPSA) is 40.5 Å². The third-order valence-corrected chi connectivity index (χ3v) is 5.85. The van der Waals surface area contributed by atoms with E-state index in [0.29, 0.717) is 16.6 Å². The highest BCUT2D eigenvalue weighted by Gasteiger charge is 2.55. The van der Waals surface area contributed by atoms with Crippen molar-refractivity contribution in [3.8, 4) is 0 Å². The SMILES string of the molecule is CC(c1ccc(Cl)cc1Cl)N1C[C@@H]2CCC[C@@]2(C(=O)O)C1.Cl. The van der Waals surface area contributed by atoms with E-state index in [2.05, 4.69) is 11.8 Å². The lowest BCUT2D eigenvalue weighted by molar-refractivity contribution is -0.149. The number of rotatable bonds is 3. The molecule has 3 atom stereocenters. The van der Waals surface area contributed by atoms with Gasteiger partial charge in [0.15, 0.2) is 0 Å². The fourth-order valence-electron chi connectivity index (χ4n) is 4.01. The molecule has 1 N–H and O–H groups in total. The first kappa shape index (κ1) is 17.9. The van der Waals surface area contributed by atoms with Crippen LogP contribution >= 0.6 is 35.6 Å². The molecule has 1 saturated heterocycles. The van der Waals surface area contributed by atoms with Gasteiger partial charge in [-0.2, -0.15) is 0 Å². The normalized spacial score (nSPS) is 29.0. The molecule has 22 heavy (non-hydrogen) atoms.